The van der Waals surface area contributed by atoms with Crippen LogP contribution in [0.25, 0.3) is 0 Å². The monoisotopic (exact) mass is 1060 g/mol. The van der Waals surface area contributed by atoms with Crippen LogP contribution < -0.4 is 5.32 Å². The van der Waals surface area contributed by atoms with Crippen molar-refractivity contribution in [3.05, 3.63) is 170 Å². The van der Waals surface area contributed by atoms with E-state index in [9.17, 15) is 24.5 Å². The molecule has 0 rings (SSSR count). The number of carbonyl (C=O) groups excluding carboxylic acids is 1. The van der Waals surface area contributed by atoms with Crippen molar-refractivity contribution < 1.29 is 38.0 Å². The van der Waals surface area contributed by atoms with E-state index in [-0.39, 0.29) is 18.9 Å². The number of nitrogens with zero attached hydrogens (tertiary/aromatic N) is 1. The topological polar surface area (TPSA) is 125 Å². The van der Waals surface area contributed by atoms with Gasteiger partial charge in [0.15, 0.2) is 0 Å². The number of amides is 1. The lowest BCUT2D eigenvalue weighted by atomic mass is 10.0. The number of aliphatic hydroxyl groups is 2. The molecule has 0 aliphatic heterocycles. The Morgan fingerprint density at radius 3 is 1.28 bits per heavy atom. The van der Waals surface area contributed by atoms with Gasteiger partial charge in [-0.05, 0) is 142 Å². The molecule has 0 aromatic rings. The Morgan fingerprint density at radius 1 is 0.493 bits per heavy atom. The highest BCUT2D eigenvalue weighted by Gasteiger charge is 2.31. The number of aliphatic hydroxyl groups excluding tert-OH is 2. The molecule has 0 saturated heterocycles. The first-order chi connectivity index (χ1) is 36.4. The molecule has 4 N–H and O–H groups in total. The molecule has 0 heterocycles. The van der Waals surface area contributed by atoms with Crippen LogP contribution in [0.2, 0.25) is 0 Å². The zero-order valence-electron chi connectivity index (χ0n) is 47.6. The summed E-state index contributed by atoms with van der Waals surface area (Å²) >= 11 is 0. The van der Waals surface area contributed by atoms with Crippen molar-refractivity contribution >= 4 is 13.7 Å². The summed E-state index contributed by atoms with van der Waals surface area (Å²) in [5.41, 5.74) is 0. The molecule has 0 bridgehead atoms. The number of phosphoric ester groups is 1. The molecule has 4 atom stereocenters. The number of unbranched alkanes of at least 4 members (excludes halogenated alkanes) is 8. The SMILES string of the molecule is C/C=C/CC/C=C/CC/C=C/CCCC(O)C(O)C(COP(=O)(O)OCC[N+](C)(C)C)NC(=O)CCCCCCC/C=C\C/C=C\C/C=C\C/C=C\C/C=C\C/C=C\C/C=C\C/C=C\C/C=C\C/C=C\C/C=C\CC. The average molecular weight is 1060 g/mol. The zero-order chi connectivity index (χ0) is 55.0. The molecule has 0 aromatic heterocycles. The lowest BCUT2D eigenvalue weighted by molar-refractivity contribution is -0.870. The van der Waals surface area contributed by atoms with Crippen molar-refractivity contribution in [2.45, 2.75) is 193 Å². The van der Waals surface area contributed by atoms with Crippen LogP contribution in [0, 0.1) is 0 Å². The third kappa shape index (κ3) is 54.4. The number of nitrogens with one attached hydrogen (secondary N) is 1. The number of allylic oxidation sites excluding steroid dienone is 28. The molecule has 1 amide bonds. The van der Waals surface area contributed by atoms with E-state index in [0.29, 0.717) is 30.3 Å². The van der Waals surface area contributed by atoms with Crippen molar-refractivity contribution in [2.24, 2.45) is 0 Å². The Hall–Kier alpha value is -4.18. The van der Waals surface area contributed by atoms with E-state index in [0.717, 1.165) is 135 Å². The maximum atomic E-state index is 13.0. The molecule has 9 nitrogen and oxygen atoms in total. The van der Waals surface area contributed by atoms with Crippen LogP contribution in [0.3, 0.4) is 0 Å². The van der Waals surface area contributed by atoms with E-state index in [1.165, 1.54) is 0 Å². The molecule has 0 aliphatic rings. The van der Waals surface area contributed by atoms with Gasteiger partial charge in [-0.15, -0.1) is 0 Å². The van der Waals surface area contributed by atoms with Crippen LogP contribution in [0.4, 0.5) is 0 Å². The Bertz CT molecular complexity index is 1840. The van der Waals surface area contributed by atoms with Gasteiger partial charge < -0.3 is 24.9 Å². The van der Waals surface area contributed by atoms with Crippen LogP contribution >= 0.6 is 7.82 Å². The fourth-order valence-corrected chi connectivity index (χ4v) is 7.86. The van der Waals surface area contributed by atoms with Crippen LogP contribution in [0.1, 0.15) is 174 Å². The molecule has 4 unspecified atom stereocenters. The molecule has 0 aliphatic carbocycles. The fraction of sp³-hybridized carbons (Fsp3) is 0.554. The second-order valence-electron chi connectivity index (χ2n) is 19.7. The lowest BCUT2D eigenvalue weighted by Gasteiger charge is -2.28. The smallest absolute Gasteiger partial charge is 0.390 e. The molecular formula is C65H106N2O7P+. The maximum Gasteiger partial charge on any atom is 0.472 e. The first kappa shape index (κ1) is 70.8. The van der Waals surface area contributed by atoms with Gasteiger partial charge in [0, 0.05) is 6.42 Å². The van der Waals surface area contributed by atoms with E-state index >= 15 is 0 Å². The van der Waals surface area contributed by atoms with Crippen LogP contribution in [-0.2, 0) is 18.4 Å². The Kier molecular flexibility index (Phi) is 50.3. The van der Waals surface area contributed by atoms with Gasteiger partial charge in [0.2, 0.25) is 5.91 Å². The van der Waals surface area contributed by atoms with Crippen molar-refractivity contribution in [2.75, 3.05) is 40.9 Å². The summed E-state index contributed by atoms with van der Waals surface area (Å²) in [5, 5.41) is 24.7. The van der Waals surface area contributed by atoms with Gasteiger partial charge in [-0.1, -0.05) is 196 Å². The highest BCUT2D eigenvalue weighted by molar-refractivity contribution is 7.47. The third-order valence-corrected chi connectivity index (χ3v) is 12.6. The van der Waals surface area contributed by atoms with E-state index < -0.39 is 32.7 Å². The summed E-state index contributed by atoms with van der Waals surface area (Å²) in [6.07, 6.45) is 81.8. The van der Waals surface area contributed by atoms with Crippen LogP contribution in [0.15, 0.2) is 170 Å². The molecule has 0 saturated carbocycles. The number of hydrogen-bond donors (Lipinski definition) is 4. The van der Waals surface area contributed by atoms with E-state index in [1.807, 2.05) is 28.1 Å². The van der Waals surface area contributed by atoms with Crippen LogP contribution in [-0.4, -0.2) is 84.6 Å². The largest absolute Gasteiger partial charge is 0.472 e. The number of phosphoric acid groups is 1. The highest BCUT2D eigenvalue weighted by Crippen LogP contribution is 2.43. The van der Waals surface area contributed by atoms with Crippen molar-refractivity contribution in [3.63, 3.8) is 0 Å². The van der Waals surface area contributed by atoms with Gasteiger partial charge in [0.05, 0.1) is 39.9 Å². The quantitative estimate of drug-likeness (QED) is 0.0207. The molecule has 0 aromatic carbocycles. The van der Waals surface area contributed by atoms with E-state index in [4.69, 9.17) is 9.05 Å². The molecule has 0 spiro atoms. The highest BCUT2D eigenvalue weighted by atomic mass is 31.2. The number of hydrogen-bond acceptors (Lipinski definition) is 6. The molecule has 75 heavy (non-hydrogen) atoms. The molecule has 0 radical (unpaired) electrons. The van der Waals surface area contributed by atoms with Gasteiger partial charge in [0.1, 0.15) is 19.3 Å². The zero-order valence-corrected chi connectivity index (χ0v) is 48.5. The molecule has 0 fully saturated rings. The van der Waals surface area contributed by atoms with Crippen molar-refractivity contribution in [1.82, 2.24) is 5.32 Å². The van der Waals surface area contributed by atoms with Crippen molar-refractivity contribution in [1.29, 1.82) is 0 Å². The molecular weight excluding hydrogens is 952 g/mol. The summed E-state index contributed by atoms with van der Waals surface area (Å²) in [5.74, 6) is -0.303. The summed E-state index contributed by atoms with van der Waals surface area (Å²) in [4.78, 5) is 23.3. The minimum Gasteiger partial charge on any atom is -0.390 e. The Labute approximate surface area is 458 Å². The van der Waals surface area contributed by atoms with Gasteiger partial charge in [-0.2, -0.15) is 0 Å². The average Bonchev–Trinajstić information content (AvgIpc) is 3.37. The summed E-state index contributed by atoms with van der Waals surface area (Å²) < 4.78 is 23.5. The molecule has 422 valence electrons. The summed E-state index contributed by atoms with van der Waals surface area (Å²) in [6.45, 7) is 4.19. The lowest BCUT2D eigenvalue weighted by Crippen LogP contribution is -2.51. The van der Waals surface area contributed by atoms with E-state index in [1.54, 1.807) is 0 Å². The predicted molar refractivity (Wildman–Crippen MR) is 323 cm³/mol. The second kappa shape index (κ2) is 53.2. The number of likely N-dealkylation sites (N-methyl/N-ethyl adjacent to an activating group) is 1. The Balaban J connectivity index is 4.28. The van der Waals surface area contributed by atoms with Gasteiger partial charge in [-0.25, -0.2) is 4.57 Å². The standard InChI is InChI=1S/C65H105N2O7P/c1-6-8-10-12-14-16-18-20-21-22-23-24-25-26-27-28-29-30-31-32-33-34-35-36-37-38-39-40-41-42-43-44-45-46-48-50-52-54-56-58-64(69)66-62(61-74-75(71,72)73-60-59-67(3,4)5)65(70)63(68)57-55-53-51-49-47-19-17-15-13-11-9-7-2/h7-10,14-17,20-21,23-24,26-27,29-30,32-33,35-36,38-39,41-42,44-45,49,51,62-63,65,68,70H,6,11-13,18-19,22,25,28,31,34,37,40,43,46-48,50,52-61H2,1-5H3,(H-,66,69,71,72)/p+1/b9-7+,10-8-,16-14-,17-15+,21-20-,24-23-,27-26-,30-29-,33-32-,36-35-,39-38-,42-41-,45-44-,51-49+. The summed E-state index contributed by atoms with van der Waals surface area (Å²) in [7, 11) is 1.36. The van der Waals surface area contributed by atoms with Gasteiger partial charge in [0.25, 0.3) is 0 Å². The van der Waals surface area contributed by atoms with Crippen LogP contribution in [0.5, 0.6) is 0 Å². The van der Waals surface area contributed by atoms with Gasteiger partial charge >= 0.3 is 7.82 Å². The number of rotatable bonds is 49. The minimum absolute atomic E-state index is 0.00171. The van der Waals surface area contributed by atoms with Gasteiger partial charge in [-0.3, -0.25) is 13.8 Å². The second-order valence-corrected chi connectivity index (χ2v) is 21.2. The predicted octanol–water partition coefficient (Wildman–Crippen LogP) is 16.6. The van der Waals surface area contributed by atoms with E-state index in [2.05, 4.69) is 182 Å². The number of quaternary nitrogens is 1. The summed E-state index contributed by atoms with van der Waals surface area (Å²) in [6, 6.07) is -1.08. The first-order valence-corrected chi connectivity index (χ1v) is 30.0. The number of carbonyl (C=O) groups is 1. The molecule has 10 heteroatoms. The normalized spacial score (nSPS) is 15.6. The minimum atomic E-state index is -4.45. The Morgan fingerprint density at radius 2 is 0.853 bits per heavy atom. The van der Waals surface area contributed by atoms with Crippen molar-refractivity contribution in [3.8, 4) is 0 Å². The fourth-order valence-electron chi connectivity index (χ4n) is 7.13. The third-order valence-electron chi connectivity index (χ3n) is 11.6. The maximum absolute atomic E-state index is 13.0. The first-order valence-electron chi connectivity index (χ1n) is 28.6.